The average Bonchev–Trinajstić information content (AvgIpc) is 2.96. The predicted octanol–water partition coefficient (Wildman–Crippen LogP) is 1.99. The van der Waals surface area contributed by atoms with Gasteiger partial charge in [-0.2, -0.15) is 0 Å². The molecule has 5 nitrogen and oxygen atoms in total. The molecule has 0 aromatic heterocycles. The minimum absolute atomic E-state index is 0.0385. The van der Waals surface area contributed by atoms with E-state index >= 15 is 0 Å². The zero-order valence-corrected chi connectivity index (χ0v) is 15.4. The Bertz CT molecular complexity index is 574. The summed E-state index contributed by atoms with van der Waals surface area (Å²) in [6.07, 6.45) is 2.29. The summed E-state index contributed by atoms with van der Waals surface area (Å²) in [6, 6.07) is 8.18. The Morgan fingerprint density at radius 3 is 2.54 bits per heavy atom. The van der Waals surface area contributed by atoms with Gasteiger partial charge in [-0.15, -0.1) is 11.8 Å². The topological polar surface area (TPSA) is 60.9 Å². The highest BCUT2D eigenvalue weighted by atomic mass is 32.2. The monoisotopic (exact) mass is 350 g/mol. The number of rotatable bonds is 7. The summed E-state index contributed by atoms with van der Waals surface area (Å²) in [5, 5.41) is 9.31. The summed E-state index contributed by atoms with van der Waals surface area (Å²) in [4.78, 5) is 29.4. The van der Waals surface area contributed by atoms with Crippen LogP contribution in [-0.4, -0.2) is 58.7 Å². The zero-order chi connectivity index (χ0) is 17.7. The van der Waals surface area contributed by atoms with E-state index in [1.807, 2.05) is 44.4 Å². The third kappa shape index (κ3) is 4.51. The van der Waals surface area contributed by atoms with Crippen LogP contribution in [0.5, 0.6) is 0 Å². The fraction of sp³-hybridized carbons (Fsp3) is 0.556. The normalized spacial score (nSPS) is 17.6. The maximum atomic E-state index is 12.8. The van der Waals surface area contributed by atoms with Crippen LogP contribution in [0.1, 0.15) is 25.8 Å². The Morgan fingerprint density at radius 1 is 1.38 bits per heavy atom. The summed E-state index contributed by atoms with van der Waals surface area (Å²) in [6.45, 7) is 5.06. The molecule has 24 heavy (non-hydrogen) atoms. The molecule has 0 aliphatic carbocycles. The van der Waals surface area contributed by atoms with Gasteiger partial charge in [0.2, 0.25) is 11.8 Å². The summed E-state index contributed by atoms with van der Waals surface area (Å²) >= 11 is 1.67. The van der Waals surface area contributed by atoms with Gasteiger partial charge in [-0.3, -0.25) is 9.59 Å². The first kappa shape index (κ1) is 18.8. The number of benzene rings is 1. The van der Waals surface area contributed by atoms with Crippen molar-refractivity contribution in [2.24, 2.45) is 5.92 Å². The summed E-state index contributed by atoms with van der Waals surface area (Å²) in [7, 11) is 0. The quantitative estimate of drug-likeness (QED) is 0.764. The first-order valence-electron chi connectivity index (χ1n) is 8.28. The molecule has 6 heteroatoms. The Labute approximate surface area is 148 Å². The zero-order valence-electron chi connectivity index (χ0n) is 14.6. The van der Waals surface area contributed by atoms with Gasteiger partial charge in [0.05, 0.1) is 12.5 Å². The second-order valence-corrected chi connectivity index (χ2v) is 7.25. The lowest BCUT2D eigenvalue weighted by molar-refractivity contribution is -0.137. The first-order valence-corrected chi connectivity index (χ1v) is 9.50. The van der Waals surface area contributed by atoms with Gasteiger partial charge in [-0.05, 0) is 37.8 Å². The number of thioether (sulfide) groups is 1. The number of aliphatic hydroxyl groups excluding tert-OH is 1. The van der Waals surface area contributed by atoms with Gasteiger partial charge in [0.15, 0.2) is 0 Å². The molecule has 1 fully saturated rings. The molecular weight excluding hydrogens is 324 g/mol. The number of carbonyl (C=O) groups excluding carboxylic acids is 2. The molecule has 2 rings (SSSR count). The number of nitrogens with zero attached hydrogens (tertiary/aromatic N) is 2. The number of carbonyl (C=O) groups is 2. The number of amides is 2. The van der Waals surface area contributed by atoms with Crippen molar-refractivity contribution in [3.8, 4) is 0 Å². The molecule has 1 atom stereocenters. The highest BCUT2D eigenvalue weighted by Gasteiger charge is 2.37. The van der Waals surface area contributed by atoms with Gasteiger partial charge in [0, 0.05) is 37.0 Å². The smallest absolute Gasteiger partial charge is 0.228 e. The van der Waals surface area contributed by atoms with Gasteiger partial charge in [-0.1, -0.05) is 12.1 Å². The van der Waals surface area contributed by atoms with E-state index in [2.05, 4.69) is 0 Å². The van der Waals surface area contributed by atoms with Crippen LogP contribution >= 0.6 is 11.8 Å². The Kier molecular flexibility index (Phi) is 6.69. The van der Waals surface area contributed by atoms with Crippen molar-refractivity contribution in [2.75, 3.05) is 26.0 Å². The van der Waals surface area contributed by atoms with Gasteiger partial charge in [-0.25, -0.2) is 0 Å². The van der Waals surface area contributed by atoms with Gasteiger partial charge in [0.25, 0.3) is 0 Å². The van der Waals surface area contributed by atoms with Gasteiger partial charge >= 0.3 is 0 Å². The maximum Gasteiger partial charge on any atom is 0.228 e. The molecule has 1 saturated heterocycles. The van der Waals surface area contributed by atoms with Crippen molar-refractivity contribution in [1.82, 2.24) is 9.80 Å². The summed E-state index contributed by atoms with van der Waals surface area (Å²) < 4.78 is 0. The summed E-state index contributed by atoms with van der Waals surface area (Å²) in [5.41, 5.74) is 1.03. The third-order valence-electron chi connectivity index (χ3n) is 4.35. The number of hydrogen-bond donors (Lipinski definition) is 1. The Morgan fingerprint density at radius 2 is 2.04 bits per heavy atom. The lowest BCUT2D eigenvalue weighted by Crippen LogP contribution is -2.39. The maximum absolute atomic E-state index is 12.8. The van der Waals surface area contributed by atoms with Crippen LogP contribution in [0.2, 0.25) is 0 Å². The molecular formula is C18H26N2O3S. The number of likely N-dealkylation sites (tertiary alicyclic amines) is 1. The van der Waals surface area contributed by atoms with E-state index in [9.17, 15) is 14.7 Å². The lowest BCUT2D eigenvalue weighted by Gasteiger charge is -2.26. The van der Waals surface area contributed by atoms with E-state index in [4.69, 9.17) is 0 Å². The molecule has 0 spiro atoms. The molecule has 0 saturated carbocycles. The van der Waals surface area contributed by atoms with Crippen molar-refractivity contribution in [1.29, 1.82) is 0 Å². The van der Waals surface area contributed by atoms with Crippen LogP contribution in [0.25, 0.3) is 0 Å². The van der Waals surface area contributed by atoms with E-state index in [1.165, 1.54) is 4.90 Å². The fourth-order valence-corrected chi connectivity index (χ4v) is 3.40. The molecule has 1 aromatic carbocycles. The highest BCUT2D eigenvalue weighted by molar-refractivity contribution is 7.98. The Hall–Kier alpha value is -1.53. The molecule has 2 amide bonds. The second-order valence-electron chi connectivity index (χ2n) is 6.37. The van der Waals surface area contributed by atoms with Crippen molar-refractivity contribution < 1.29 is 14.7 Å². The molecule has 1 aromatic rings. The molecule has 1 aliphatic heterocycles. The van der Waals surface area contributed by atoms with Crippen molar-refractivity contribution in [2.45, 2.75) is 37.8 Å². The SMILES string of the molecule is CSc1ccc(CN(CCO)C(=O)C2CC(=O)N(C(C)C)C2)cc1. The van der Waals surface area contributed by atoms with Gasteiger partial charge < -0.3 is 14.9 Å². The van der Waals surface area contributed by atoms with E-state index in [0.29, 0.717) is 13.1 Å². The van der Waals surface area contributed by atoms with Crippen LogP contribution in [0.15, 0.2) is 29.2 Å². The Balaban J connectivity index is 2.06. The van der Waals surface area contributed by atoms with Gasteiger partial charge in [0.1, 0.15) is 0 Å². The summed E-state index contributed by atoms with van der Waals surface area (Å²) in [5.74, 6) is -0.317. The van der Waals surface area contributed by atoms with E-state index in [1.54, 1.807) is 21.6 Å². The van der Waals surface area contributed by atoms with Crippen LogP contribution < -0.4 is 0 Å². The van der Waals surface area contributed by atoms with Crippen LogP contribution in [0.3, 0.4) is 0 Å². The molecule has 1 unspecified atom stereocenters. The second kappa shape index (κ2) is 8.53. The van der Waals surface area contributed by atoms with Crippen molar-refractivity contribution in [3.63, 3.8) is 0 Å². The minimum atomic E-state index is -0.308. The third-order valence-corrected chi connectivity index (χ3v) is 5.09. The first-order chi connectivity index (χ1) is 11.5. The lowest BCUT2D eigenvalue weighted by atomic mass is 10.1. The largest absolute Gasteiger partial charge is 0.395 e. The minimum Gasteiger partial charge on any atom is -0.395 e. The molecule has 1 heterocycles. The molecule has 132 valence electrons. The van der Waals surface area contributed by atoms with Crippen molar-refractivity contribution >= 4 is 23.6 Å². The standard InChI is InChI=1S/C18H26N2O3S/c1-13(2)20-12-15(10-17(20)22)18(23)19(8-9-21)11-14-4-6-16(24-3)7-5-14/h4-7,13,15,21H,8-12H2,1-3H3. The van der Waals surface area contributed by atoms with Crippen LogP contribution in [0, 0.1) is 5.92 Å². The van der Waals surface area contributed by atoms with E-state index in [0.717, 1.165) is 5.56 Å². The van der Waals surface area contributed by atoms with E-state index in [-0.39, 0.29) is 43.3 Å². The average molecular weight is 350 g/mol. The highest BCUT2D eigenvalue weighted by Crippen LogP contribution is 2.23. The van der Waals surface area contributed by atoms with Crippen molar-refractivity contribution in [3.05, 3.63) is 29.8 Å². The number of aliphatic hydroxyl groups is 1. The molecule has 1 N–H and O–H groups in total. The van der Waals surface area contributed by atoms with Crippen LogP contribution in [-0.2, 0) is 16.1 Å². The van der Waals surface area contributed by atoms with Crippen LogP contribution in [0.4, 0.5) is 0 Å². The fourth-order valence-electron chi connectivity index (χ4n) is 2.99. The van der Waals surface area contributed by atoms with E-state index < -0.39 is 0 Å². The molecule has 0 radical (unpaired) electrons. The molecule has 1 aliphatic rings. The molecule has 0 bridgehead atoms. The predicted molar refractivity (Wildman–Crippen MR) is 95.7 cm³/mol. The number of hydrogen-bond acceptors (Lipinski definition) is 4.